The van der Waals surface area contributed by atoms with Gasteiger partial charge >= 0.3 is 18.2 Å². The molecule has 0 bridgehead atoms. The maximum atomic E-state index is 12.1. The van der Waals surface area contributed by atoms with E-state index >= 15 is 0 Å². The van der Waals surface area contributed by atoms with Crippen molar-refractivity contribution in [2.75, 3.05) is 13.2 Å². The molecule has 0 heterocycles. The van der Waals surface area contributed by atoms with Gasteiger partial charge in [-0.25, -0.2) is 9.59 Å². The highest BCUT2D eigenvalue weighted by molar-refractivity contribution is 5.89. The maximum Gasteiger partial charge on any atom is 0.373 e. The molecule has 0 spiro atoms. The highest BCUT2D eigenvalue weighted by Gasteiger charge is 2.21. The van der Waals surface area contributed by atoms with E-state index < -0.39 is 11.9 Å². The summed E-state index contributed by atoms with van der Waals surface area (Å²) in [5.41, 5.74) is 0.512. The standard InChI is InChI=1S/C23H26O8/c1-4-7-8-21(28-30-22(24)17-9-13-19(14-10-17)26-5-2)29-31-23(25)18-11-15-20(16-12-18)27-6-3/h9-16H,1,4-8H2,2-3H3. The Labute approximate surface area is 181 Å². The Morgan fingerprint density at radius 2 is 1.13 bits per heavy atom. The lowest BCUT2D eigenvalue weighted by molar-refractivity contribution is -0.363. The zero-order valence-electron chi connectivity index (χ0n) is 17.6. The van der Waals surface area contributed by atoms with E-state index in [-0.39, 0.29) is 23.8 Å². The average molecular weight is 430 g/mol. The van der Waals surface area contributed by atoms with Crippen molar-refractivity contribution in [2.24, 2.45) is 0 Å². The molecule has 0 atom stereocenters. The van der Waals surface area contributed by atoms with Gasteiger partial charge < -0.3 is 9.47 Å². The summed E-state index contributed by atoms with van der Waals surface area (Å²) in [6.07, 6.45) is 1.19. The van der Waals surface area contributed by atoms with Gasteiger partial charge in [-0.05, 0) is 68.8 Å². The van der Waals surface area contributed by atoms with Crippen molar-refractivity contribution in [2.45, 2.75) is 33.1 Å². The fourth-order valence-electron chi connectivity index (χ4n) is 2.34. The first kappa shape index (κ1) is 24.2. The largest absolute Gasteiger partial charge is 0.494 e. The minimum atomic E-state index is -0.739. The minimum Gasteiger partial charge on any atom is -0.494 e. The quantitative estimate of drug-likeness (QED) is 0.329. The first-order valence-corrected chi connectivity index (χ1v) is 9.95. The Bertz CT molecular complexity index is 736. The lowest BCUT2D eigenvalue weighted by Crippen LogP contribution is -2.16. The van der Waals surface area contributed by atoms with Crippen LogP contribution in [-0.4, -0.2) is 25.2 Å². The molecule has 2 rings (SSSR count). The third-order valence-corrected chi connectivity index (χ3v) is 3.85. The molecule has 8 heteroatoms. The zero-order chi connectivity index (χ0) is 22.5. The Morgan fingerprint density at radius 1 is 0.710 bits per heavy atom. The van der Waals surface area contributed by atoms with Crippen LogP contribution in [0.4, 0.5) is 0 Å². The van der Waals surface area contributed by atoms with Crippen molar-refractivity contribution < 1.29 is 38.6 Å². The van der Waals surface area contributed by atoms with Gasteiger partial charge in [0.15, 0.2) is 0 Å². The summed E-state index contributed by atoms with van der Waals surface area (Å²) in [5, 5.41) is 0. The van der Waals surface area contributed by atoms with E-state index in [9.17, 15) is 9.59 Å². The van der Waals surface area contributed by atoms with E-state index in [1.807, 2.05) is 13.8 Å². The molecular formula is C23H26O8. The van der Waals surface area contributed by atoms with E-state index in [0.29, 0.717) is 37.6 Å². The molecule has 0 aliphatic heterocycles. The lowest BCUT2D eigenvalue weighted by atomic mass is 10.2. The van der Waals surface area contributed by atoms with Gasteiger partial charge in [0.2, 0.25) is 0 Å². The summed E-state index contributed by atoms with van der Waals surface area (Å²) < 4.78 is 10.6. The summed E-state index contributed by atoms with van der Waals surface area (Å²) in [7, 11) is 0. The van der Waals surface area contributed by atoms with Crippen molar-refractivity contribution in [3.63, 3.8) is 0 Å². The number of benzene rings is 2. The summed E-state index contributed by atoms with van der Waals surface area (Å²) in [6.45, 7) is 8.49. The third kappa shape index (κ3) is 8.27. The molecule has 0 aliphatic carbocycles. The molecule has 0 aliphatic rings. The number of unbranched alkanes of at least 4 members (excludes halogenated alkanes) is 1. The Hall–Kier alpha value is -3.10. The average Bonchev–Trinajstić information content (AvgIpc) is 2.79. The van der Waals surface area contributed by atoms with Crippen LogP contribution in [0.1, 0.15) is 53.8 Å². The second-order valence-corrected chi connectivity index (χ2v) is 6.15. The molecule has 0 N–H and O–H groups in total. The molecule has 0 fully saturated rings. The van der Waals surface area contributed by atoms with Crippen LogP contribution < -0.4 is 9.47 Å². The minimum absolute atomic E-state index is 0.178. The number of carbonyl (C=O) groups is 2. The van der Waals surface area contributed by atoms with Crippen molar-refractivity contribution in [3.8, 4) is 11.5 Å². The maximum absolute atomic E-state index is 12.1. The number of rotatable bonds is 13. The first-order valence-electron chi connectivity index (χ1n) is 9.95. The van der Waals surface area contributed by atoms with Gasteiger partial charge in [-0.2, -0.15) is 0 Å². The Balaban J connectivity index is 1.87. The van der Waals surface area contributed by atoms with Crippen LogP contribution in [0.25, 0.3) is 0 Å². The highest BCUT2D eigenvalue weighted by Crippen LogP contribution is 2.19. The fraction of sp³-hybridized carbons (Fsp3) is 0.304. The molecule has 0 saturated carbocycles. The molecule has 2 aromatic carbocycles. The van der Waals surface area contributed by atoms with Crippen molar-refractivity contribution >= 4 is 11.9 Å². The highest BCUT2D eigenvalue weighted by atomic mass is 17.3. The van der Waals surface area contributed by atoms with Crippen LogP contribution in [0.15, 0.2) is 48.5 Å². The van der Waals surface area contributed by atoms with Crippen LogP contribution in [0.5, 0.6) is 11.5 Å². The molecule has 166 valence electrons. The van der Waals surface area contributed by atoms with Crippen molar-refractivity contribution in [1.82, 2.24) is 0 Å². The van der Waals surface area contributed by atoms with Crippen LogP contribution in [-0.2, 0) is 19.6 Å². The van der Waals surface area contributed by atoms with Gasteiger partial charge in [0.1, 0.15) is 11.5 Å². The van der Waals surface area contributed by atoms with Crippen LogP contribution in [0.3, 0.4) is 0 Å². The monoisotopic (exact) mass is 430 g/mol. The van der Waals surface area contributed by atoms with Gasteiger partial charge in [0.05, 0.1) is 24.3 Å². The van der Waals surface area contributed by atoms with Crippen LogP contribution in [0, 0.1) is 13.2 Å². The number of ether oxygens (including phenoxy) is 2. The molecule has 2 radical (unpaired) electrons. The van der Waals surface area contributed by atoms with E-state index in [2.05, 4.69) is 6.92 Å². The van der Waals surface area contributed by atoms with E-state index in [0.717, 1.165) is 0 Å². The van der Waals surface area contributed by atoms with Gasteiger partial charge in [0, 0.05) is 6.42 Å². The van der Waals surface area contributed by atoms with Gasteiger partial charge in [0.25, 0.3) is 0 Å². The van der Waals surface area contributed by atoms with Gasteiger partial charge in [-0.3, -0.25) is 9.78 Å². The summed E-state index contributed by atoms with van der Waals surface area (Å²) in [6, 6.07) is 12.7. The molecule has 0 unspecified atom stereocenters. The zero-order valence-corrected chi connectivity index (χ0v) is 17.6. The normalized spacial score (nSPS) is 10.6. The Morgan fingerprint density at radius 3 is 1.48 bits per heavy atom. The lowest BCUT2D eigenvalue weighted by Gasteiger charge is -2.13. The predicted octanol–water partition coefficient (Wildman–Crippen LogP) is 4.85. The molecule has 2 aromatic rings. The van der Waals surface area contributed by atoms with Crippen molar-refractivity contribution in [1.29, 1.82) is 0 Å². The van der Waals surface area contributed by atoms with E-state index in [4.69, 9.17) is 29.0 Å². The topological polar surface area (TPSA) is 89.5 Å². The second kappa shape index (κ2) is 13.3. The SMILES string of the molecule is [CH2]CCC[C](OOC(=O)c1ccc(OCC)cc1)OOC(=O)c1ccc(OCC)cc1. The molecule has 0 amide bonds. The van der Waals surface area contributed by atoms with Crippen LogP contribution in [0.2, 0.25) is 0 Å². The molecular weight excluding hydrogens is 404 g/mol. The summed E-state index contributed by atoms with van der Waals surface area (Å²) >= 11 is 0. The van der Waals surface area contributed by atoms with E-state index in [1.165, 1.54) is 0 Å². The predicted molar refractivity (Wildman–Crippen MR) is 111 cm³/mol. The fourth-order valence-corrected chi connectivity index (χ4v) is 2.34. The van der Waals surface area contributed by atoms with E-state index in [1.54, 1.807) is 48.5 Å². The first-order chi connectivity index (χ1) is 15.1. The summed E-state index contributed by atoms with van der Waals surface area (Å²) in [5.74, 6) is -0.215. The third-order valence-electron chi connectivity index (χ3n) is 3.85. The van der Waals surface area contributed by atoms with Crippen molar-refractivity contribution in [3.05, 3.63) is 72.9 Å². The molecule has 8 nitrogen and oxygen atoms in total. The van der Waals surface area contributed by atoms with Gasteiger partial charge in [-0.15, -0.1) is 9.78 Å². The Kier molecular flexibility index (Phi) is 10.3. The van der Waals surface area contributed by atoms with Gasteiger partial charge in [-0.1, -0.05) is 13.3 Å². The number of hydrogen-bond acceptors (Lipinski definition) is 8. The molecule has 0 saturated heterocycles. The number of hydrogen-bond donors (Lipinski definition) is 0. The second-order valence-electron chi connectivity index (χ2n) is 6.15. The molecule has 0 aromatic heterocycles. The number of carbonyl (C=O) groups excluding carboxylic acids is 2. The van der Waals surface area contributed by atoms with Crippen LogP contribution >= 0.6 is 0 Å². The molecule has 31 heavy (non-hydrogen) atoms. The summed E-state index contributed by atoms with van der Waals surface area (Å²) in [4.78, 5) is 43.8. The smallest absolute Gasteiger partial charge is 0.373 e.